The first kappa shape index (κ1) is 21.2. The second kappa shape index (κ2) is 9.42. The van der Waals surface area contributed by atoms with Crippen molar-refractivity contribution in [3.8, 4) is 17.0 Å². The third-order valence-electron chi connectivity index (χ3n) is 5.34. The maximum atomic E-state index is 12.8. The van der Waals surface area contributed by atoms with Crippen molar-refractivity contribution in [2.45, 2.75) is 6.92 Å². The molecule has 0 bridgehead atoms. The summed E-state index contributed by atoms with van der Waals surface area (Å²) >= 11 is 0. The summed E-state index contributed by atoms with van der Waals surface area (Å²) in [5.41, 5.74) is 1.71. The lowest BCUT2D eigenvalue weighted by Gasteiger charge is -2.35. The van der Waals surface area contributed by atoms with E-state index in [-0.39, 0.29) is 17.2 Å². The van der Waals surface area contributed by atoms with Crippen molar-refractivity contribution in [3.63, 3.8) is 0 Å². The van der Waals surface area contributed by atoms with Crippen LogP contribution in [0.15, 0.2) is 60.9 Å². The summed E-state index contributed by atoms with van der Waals surface area (Å²) in [6, 6.07) is 15.7. The number of hydrogen-bond donors (Lipinski definition) is 0. The largest absolute Gasteiger partial charge is 0.494 e. The Labute approximate surface area is 185 Å². The van der Waals surface area contributed by atoms with Crippen LogP contribution >= 0.6 is 0 Å². The number of nitro groups is 1. The zero-order chi connectivity index (χ0) is 22.5. The number of carbonyl (C=O) groups is 1. The molecule has 1 aliphatic heterocycles. The van der Waals surface area contributed by atoms with Gasteiger partial charge < -0.3 is 14.5 Å². The molecule has 4 rings (SSSR count). The predicted molar refractivity (Wildman–Crippen MR) is 120 cm³/mol. The molecule has 164 valence electrons. The van der Waals surface area contributed by atoms with E-state index in [2.05, 4.69) is 14.9 Å². The molecule has 32 heavy (non-hydrogen) atoms. The van der Waals surface area contributed by atoms with Gasteiger partial charge in [-0.15, -0.1) is 0 Å². The molecule has 3 aromatic rings. The van der Waals surface area contributed by atoms with Crippen LogP contribution < -0.4 is 9.64 Å². The molecular formula is C23H23N5O4. The number of aromatic nitrogens is 2. The van der Waals surface area contributed by atoms with E-state index in [4.69, 9.17) is 4.74 Å². The standard InChI is InChI=1S/C23H23N5O4/c1-2-32-18-9-7-17(8-10-18)20-15-22(25-16-24-20)26-11-13-27(14-12-26)23(29)19-5-3-4-6-21(19)28(30)31/h3-10,15-16H,2,11-14H2,1H3. The second-order valence-corrected chi connectivity index (χ2v) is 7.27. The monoisotopic (exact) mass is 433 g/mol. The van der Waals surface area contributed by atoms with Crippen molar-refractivity contribution in [1.29, 1.82) is 0 Å². The maximum Gasteiger partial charge on any atom is 0.282 e. The van der Waals surface area contributed by atoms with Crippen molar-refractivity contribution < 1.29 is 14.5 Å². The van der Waals surface area contributed by atoms with Gasteiger partial charge in [0.25, 0.3) is 11.6 Å². The van der Waals surface area contributed by atoms with Crippen LogP contribution in [0.2, 0.25) is 0 Å². The first-order valence-corrected chi connectivity index (χ1v) is 10.4. The molecule has 1 amide bonds. The predicted octanol–water partition coefficient (Wildman–Crippen LogP) is 3.41. The van der Waals surface area contributed by atoms with Crippen LogP contribution in [0.1, 0.15) is 17.3 Å². The van der Waals surface area contributed by atoms with Crippen LogP contribution in [-0.4, -0.2) is 58.5 Å². The maximum absolute atomic E-state index is 12.8. The van der Waals surface area contributed by atoms with E-state index < -0.39 is 4.92 Å². The van der Waals surface area contributed by atoms with E-state index in [0.717, 1.165) is 22.8 Å². The minimum absolute atomic E-state index is 0.116. The van der Waals surface area contributed by atoms with Crippen LogP contribution in [0.4, 0.5) is 11.5 Å². The molecule has 1 aliphatic rings. The van der Waals surface area contributed by atoms with Gasteiger partial charge >= 0.3 is 0 Å². The third kappa shape index (κ3) is 4.51. The normalized spacial score (nSPS) is 13.7. The van der Waals surface area contributed by atoms with Gasteiger partial charge in [0.15, 0.2) is 0 Å². The van der Waals surface area contributed by atoms with Gasteiger partial charge in [-0.05, 0) is 37.3 Å². The zero-order valence-electron chi connectivity index (χ0n) is 17.7. The smallest absolute Gasteiger partial charge is 0.282 e. The molecule has 1 saturated heterocycles. The number of benzene rings is 2. The molecule has 0 N–H and O–H groups in total. The summed E-state index contributed by atoms with van der Waals surface area (Å²) in [5.74, 6) is 1.27. The molecular weight excluding hydrogens is 410 g/mol. The van der Waals surface area contributed by atoms with Gasteiger partial charge in [0, 0.05) is 43.9 Å². The fourth-order valence-electron chi connectivity index (χ4n) is 3.69. The Hall–Kier alpha value is -4.01. The number of piperazine rings is 1. The molecule has 0 unspecified atom stereocenters. The summed E-state index contributed by atoms with van der Waals surface area (Å²) < 4.78 is 5.49. The van der Waals surface area contributed by atoms with Gasteiger partial charge in [0.05, 0.1) is 17.2 Å². The second-order valence-electron chi connectivity index (χ2n) is 7.27. The molecule has 1 aromatic heterocycles. The van der Waals surface area contributed by atoms with Gasteiger partial charge in [0.2, 0.25) is 0 Å². The van der Waals surface area contributed by atoms with Gasteiger partial charge in [-0.3, -0.25) is 14.9 Å². The molecule has 9 nitrogen and oxygen atoms in total. The Kier molecular flexibility index (Phi) is 6.25. The topological polar surface area (TPSA) is 102 Å². The first-order chi connectivity index (χ1) is 15.6. The van der Waals surface area contributed by atoms with Crippen LogP contribution in [0, 0.1) is 10.1 Å². The Morgan fingerprint density at radius 2 is 1.78 bits per heavy atom. The van der Waals surface area contributed by atoms with Crippen LogP contribution in [0.5, 0.6) is 5.75 Å². The van der Waals surface area contributed by atoms with Crippen molar-refractivity contribution in [2.75, 3.05) is 37.7 Å². The van der Waals surface area contributed by atoms with Gasteiger partial charge in [-0.25, -0.2) is 9.97 Å². The van der Waals surface area contributed by atoms with E-state index >= 15 is 0 Å². The fraction of sp³-hybridized carbons (Fsp3) is 0.261. The quantitative estimate of drug-likeness (QED) is 0.434. The van der Waals surface area contributed by atoms with Crippen LogP contribution in [-0.2, 0) is 0 Å². The van der Waals surface area contributed by atoms with E-state index in [9.17, 15) is 14.9 Å². The fourth-order valence-corrected chi connectivity index (χ4v) is 3.69. The third-order valence-corrected chi connectivity index (χ3v) is 5.34. The molecule has 0 saturated carbocycles. The van der Waals surface area contributed by atoms with Crippen molar-refractivity contribution >= 4 is 17.4 Å². The number of anilines is 1. The highest BCUT2D eigenvalue weighted by Crippen LogP contribution is 2.25. The SMILES string of the molecule is CCOc1ccc(-c2cc(N3CCN(C(=O)c4ccccc4[N+](=O)[O-])CC3)ncn2)cc1. The summed E-state index contributed by atoms with van der Waals surface area (Å²) in [4.78, 5) is 36.1. The average molecular weight is 433 g/mol. The summed E-state index contributed by atoms with van der Waals surface area (Å²) in [5, 5.41) is 11.3. The molecule has 2 heterocycles. The Bertz CT molecular complexity index is 1110. The number of para-hydroxylation sites is 1. The van der Waals surface area contributed by atoms with E-state index in [1.807, 2.05) is 37.3 Å². The number of nitrogens with zero attached hydrogens (tertiary/aromatic N) is 5. The highest BCUT2D eigenvalue weighted by atomic mass is 16.6. The van der Waals surface area contributed by atoms with Gasteiger partial charge in [-0.1, -0.05) is 12.1 Å². The van der Waals surface area contributed by atoms with Crippen molar-refractivity contribution in [1.82, 2.24) is 14.9 Å². The summed E-state index contributed by atoms with van der Waals surface area (Å²) in [6.45, 7) is 4.61. The molecule has 0 aliphatic carbocycles. The van der Waals surface area contributed by atoms with Crippen LogP contribution in [0.25, 0.3) is 11.3 Å². The average Bonchev–Trinajstić information content (AvgIpc) is 2.84. The number of amides is 1. The molecule has 9 heteroatoms. The van der Waals surface area contributed by atoms with E-state index in [1.165, 1.54) is 18.5 Å². The molecule has 0 spiro atoms. The van der Waals surface area contributed by atoms with E-state index in [1.54, 1.807) is 17.0 Å². The number of nitro benzene ring substituents is 1. The minimum Gasteiger partial charge on any atom is -0.494 e. The van der Waals surface area contributed by atoms with Gasteiger partial charge in [0.1, 0.15) is 23.5 Å². The molecule has 1 fully saturated rings. The van der Waals surface area contributed by atoms with Crippen molar-refractivity contribution in [3.05, 3.63) is 76.6 Å². The highest BCUT2D eigenvalue weighted by molar-refractivity contribution is 5.98. The lowest BCUT2D eigenvalue weighted by atomic mass is 10.1. The van der Waals surface area contributed by atoms with E-state index in [0.29, 0.717) is 32.8 Å². The Morgan fingerprint density at radius 1 is 1.06 bits per heavy atom. The summed E-state index contributed by atoms with van der Waals surface area (Å²) in [6.07, 6.45) is 1.53. The lowest BCUT2D eigenvalue weighted by Crippen LogP contribution is -2.49. The lowest BCUT2D eigenvalue weighted by molar-refractivity contribution is -0.385. The highest BCUT2D eigenvalue weighted by Gasteiger charge is 2.27. The molecule has 2 aromatic carbocycles. The van der Waals surface area contributed by atoms with Crippen LogP contribution in [0.3, 0.4) is 0 Å². The molecule has 0 radical (unpaired) electrons. The number of hydrogen-bond acceptors (Lipinski definition) is 7. The Balaban J connectivity index is 1.44. The van der Waals surface area contributed by atoms with Gasteiger partial charge in [-0.2, -0.15) is 0 Å². The van der Waals surface area contributed by atoms with Crippen molar-refractivity contribution in [2.24, 2.45) is 0 Å². The Morgan fingerprint density at radius 3 is 2.47 bits per heavy atom. The molecule has 0 atom stereocenters. The minimum atomic E-state index is -0.521. The zero-order valence-corrected chi connectivity index (χ0v) is 17.7. The number of rotatable bonds is 6. The first-order valence-electron chi connectivity index (χ1n) is 10.4. The summed E-state index contributed by atoms with van der Waals surface area (Å²) in [7, 11) is 0. The number of ether oxygens (including phenoxy) is 1. The number of carbonyl (C=O) groups excluding carboxylic acids is 1.